The van der Waals surface area contributed by atoms with E-state index in [4.69, 9.17) is 5.73 Å². The van der Waals surface area contributed by atoms with E-state index < -0.39 is 0 Å². The zero-order valence-corrected chi connectivity index (χ0v) is 10.7. The van der Waals surface area contributed by atoms with Crippen LogP contribution in [0.25, 0.3) is 0 Å². The smallest absolute Gasteiger partial charge is 0.254 e. The van der Waals surface area contributed by atoms with Gasteiger partial charge in [0.15, 0.2) is 0 Å². The Morgan fingerprint density at radius 2 is 2.28 bits per heavy atom. The predicted octanol–water partition coefficient (Wildman–Crippen LogP) is 1.65. The van der Waals surface area contributed by atoms with E-state index in [0.717, 1.165) is 31.4 Å². The summed E-state index contributed by atoms with van der Waals surface area (Å²) in [7, 11) is 0. The van der Waals surface area contributed by atoms with Gasteiger partial charge in [0.2, 0.25) is 0 Å². The van der Waals surface area contributed by atoms with Crippen LogP contribution in [0.15, 0.2) is 18.2 Å². The van der Waals surface area contributed by atoms with Gasteiger partial charge in [0.1, 0.15) is 5.75 Å². The number of aryl methyl sites for hydroxylation is 1. The van der Waals surface area contributed by atoms with E-state index in [0.29, 0.717) is 12.1 Å². The highest BCUT2D eigenvalue weighted by atomic mass is 16.3. The number of likely N-dealkylation sites (tertiary alicyclic amines) is 1. The molecule has 1 aromatic carbocycles. The van der Waals surface area contributed by atoms with Gasteiger partial charge in [-0.05, 0) is 49.9 Å². The van der Waals surface area contributed by atoms with Crippen molar-refractivity contribution in [1.82, 2.24) is 4.90 Å². The zero-order valence-electron chi connectivity index (χ0n) is 10.7. The molecule has 1 saturated heterocycles. The number of hydrogen-bond acceptors (Lipinski definition) is 3. The average Bonchev–Trinajstić information content (AvgIpc) is 2.41. The number of aromatic hydroxyl groups is 1. The highest BCUT2D eigenvalue weighted by Gasteiger charge is 2.26. The van der Waals surface area contributed by atoms with Crippen molar-refractivity contribution in [3.05, 3.63) is 29.3 Å². The Labute approximate surface area is 107 Å². The van der Waals surface area contributed by atoms with E-state index in [1.165, 1.54) is 0 Å². The predicted molar refractivity (Wildman–Crippen MR) is 70.6 cm³/mol. The Morgan fingerprint density at radius 1 is 1.50 bits per heavy atom. The zero-order chi connectivity index (χ0) is 13.1. The van der Waals surface area contributed by atoms with Crippen LogP contribution in [0, 0.1) is 6.92 Å². The number of benzene rings is 1. The minimum atomic E-state index is 0.0215. The lowest BCUT2D eigenvalue weighted by Crippen LogP contribution is -2.47. The maximum absolute atomic E-state index is 12.4. The molecule has 0 aromatic heterocycles. The minimum absolute atomic E-state index is 0.0215. The topological polar surface area (TPSA) is 66.6 Å². The van der Waals surface area contributed by atoms with E-state index in [1.807, 2.05) is 4.90 Å². The SMILES string of the molecule is Cc1cc(C(=O)N2CCCCC2CN)ccc1O. The van der Waals surface area contributed by atoms with Crippen LogP contribution >= 0.6 is 0 Å². The van der Waals surface area contributed by atoms with Crippen LogP contribution in [-0.2, 0) is 0 Å². The first kappa shape index (κ1) is 12.9. The summed E-state index contributed by atoms with van der Waals surface area (Å²) in [4.78, 5) is 14.3. The molecule has 1 heterocycles. The summed E-state index contributed by atoms with van der Waals surface area (Å²) >= 11 is 0. The quantitative estimate of drug-likeness (QED) is 0.836. The molecule has 1 aromatic rings. The third-order valence-corrected chi connectivity index (χ3v) is 3.60. The van der Waals surface area contributed by atoms with Gasteiger partial charge >= 0.3 is 0 Å². The van der Waals surface area contributed by atoms with Crippen LogP contribution in [-0.4, -0.2) is 35.0 Å². The molecule has 0 aliphatic carbocycles. The molecule has 1 aliphatic heterocycles. The van der Waals surface area contributed by atoms with Gasteiger partial charge in [0.05, 0.1) is 0 Å². The van der Waals surface area contributed by atoms with Crippen molar-refractivity contribution >= 4 is 5.91 Å². The van der Waals surface area contributed by atoms with Crippen LogP contribution in [0.2, 0.25) is 0 Å². The number of carbonyl (C=O) groups is 1. The van der Waals surface area contributed by atoms with E-state index in [1.54, 1.807) is 25.1 Å². The van der Waals surface area contributed by atoms with Gasteiger partial charge in [-0.2, -0.15) is 0 Å². The normalized spacial score (nSPS) is 19.9. The van der Waals surface area contributed by atoms with Gasteiger partial charge in [-0.25, -0.2) is 0 Å². The van der Waals surface area contributed by atoms with Crippen molar-refractivity contribution in [3.63, 3.8) is 0 Å². The summed E-state index contributed by atoms with van der Waals surface area (Å²) in [6.07, 6.45) is 3.17. The molecule has 1 unspecified atom stereocenters. The number of phenols is 1. The molecule has 2 rings (SSSR count). The number of amides is 1. The summed E-state index contributed by atoms with van der Waals surface area (Å²) < 4.78 is 0. The Bertz CT molecular complexity index is 445. The summed E-state index contributed by atoms with van der Waals surface area (Å²) in [5.74, 6) is 0.244. The lowest BCUT2D eigenvalue weighted by atomic mass is 10.0. The highest BCUT2D eigenvalue weighted by molar-refractivity contribution is 5.94. The molecule has 1 atom stereocenters. The number of carbonyl (C=O) groups excluding carboxylic acids is 1. The van der Waals surface area contributed by atoms with Crippen molar-refractivity contribution in [2.75, 3.05) is 13.1 Å². The summed E-state index contributed by atoms with van der Waals surface area (Å²) in [6.45, 7) is 3.09. The molecule has 1 fully saturated rings. The minimum Gasteiger partial charge on any atom is -0.508 e. The molecule has 18 heavy (non-hydrogen) atoms. The first-order valence-electron chi connectivity index (χ1n) is 6.44. The molecule has 1 aliphatic rings. The lowest BCUT2D eigenvalue weighted by molar-refractivity contribution is 0.0623. The third-order valence-electron chi connectivity index (χ3n) is 3.60. The van der Waals surface area contributed by atoms with Crippen LogP contribution in [0.3, 0.4) is 0 Å². The molecule has 0 bridgehead atoms. The molecular weight excluding hydrogens is 228 g/mol. The second-order valence-corrected chi connectivity index (χ2v) is 4.89. The van der Waals surface area contributed by atoms with Crippen molar-refractivity contribution in [3.8, 4) is 5.75 Å². The van der Waals surface area contributed by atoms with Crippen LogP contribution in [0.5, 0.6) is 5.75 Å². The van der Waals surface area contributed by atoms with Crippen LogP contribution in [0.1, 0.15) is 35.2 Å². The Balaban J connectivity index is 2.21. The lowest BCUT2D eigenvalue weighted by Gasteiger charge is -2.35. The van der Waals surface area contributed by atoms with Gasteiger partial charge in [-0.1, -0.05) is 0 Å². The number of rotatable bonds is 2. The summed E-state index contributed by atoms with van der Waals surface area (Å²) in [6, 6.07) is 5.14. The van der Waals surface area contributed by atoms with E-state index in [-0.39, 0.29) is 17.7 Å². The Hall–Kier alpha value is -1.55. The van der Waals surface area contributed by atoms with E-state index in [2.05, 4.69) is 0 Å². The molecule has 4 heteroatoms. The first-order chi connectivity index (χ1) is 8.63. The van der Waals surface area contributed by atoms with Gasteiger partial charge < -0.3 is 15.7 Å². The molecule has 0 spiro atoms. The van der Waals surface area contributed by atoms with Crippen LogP contribution < -0.4 is 5.73 Å². The van der Waals surface area contributed by atoms with Gasteiger partial charge in [-0.15, -0.1) is 0 Å². The van der Waals surface area contributed by atoms with Gasteiger partial charge in [0.25, 0.3) is 5.91 Å². The Kier molecular flexibility index (Phi) is 3.87. The number of hydrogen-bond donors (Lipinski definition) is 2. The molecule has 1 amide bonds. The second-order valence-electron chi connectivity index (χ2n) is 4.89. The van der Waals surface area contributed by atoms with E-state index in [9.17, 15) is 9.90 Å². The van der Waals surface area contributed by atoms with Crippen molar-refractivity contribution in [2.24, 2.45) is 5.73 Å². The maximum atomic E-state index is 12.4. The molecule has 0 saturated carbocycles. The van der Waals surface area contributed by atoms with E-state index >= 15 is 0 Å². The fourth-order valence-electron chi connectivity index (χ4n) is 2.47. The third kappa shape index (κ3) is 2.48. The monoisotopic (exact) mass is 248 g/mol. The number of nitrogens with zero attached hydrogens (tertiary/aromatic N) is 1. The van der Waals surface area contributed by atoms with Gasteiger partial charge in [-0.3, -0.25) is 4.79 Å². The fraction of sp³-hybridized carbons (Fsp3) is 0.500. The first-order valence-corrected chi connectivity index (χ1v) is 6.44. The highest BCUT2D eigenvalue weighted by Crippen LogP contribution is 2.22. The summed E-state index contributed by atoms with van der Waals surface area (Å²) in [5.41, 5.74) is 7.08. The molecule has 98 valence electrons. The molecule has 4 nitrogen and oxygen atoms in total. The fourth-order valence-corrected chi connectivity index (χ4v) is 2.47. The number of nitrogens with two attached hydrogens (primary N) is 1. The largest absolute Gasteiger partial charge is 0.508 e. The van der Waals surface area contributed by atoms with Gasteiger partial charge in [0, 0.05) is 24.7 Å². The molecule has 3 N–H and O–H groups in total. The Morgan fingerprint density at radius 3 is 2.94 bits per heavy atom. The summed E-state index contributed by atoms with van der Waals surface area (Å²) in [5, 5.41) is 9.49. The molecular formula is C14H20N2O2. The van der Waals surface area contributed by atoms with Crippen molar-refractivity contribution < 1.29 is 9.90 Å². The standard InChI is InChI=1S/C14H20N2O2/c1-10-8-11(5-6-13(10)17)14(18)16-7-3-2-4-12(16)9-15/h5-6,8,12,17H,2-4,7,9,15H2,1H3. The number of phenolic OH excluding ortho intramolecular Hbond substituents is 1. The maximum Gasteiger partial charge on any atom is 0.254 e. The van der Waals surface area contributed by atoms with Crippen molar-refractivity contribution in [2.45, 2.75) is 32.2 Å². The van der Waals surface area contributed by atoms with Crippen molar-refractivity contribution in [1.29, 1.82) is 0 Å². The average molecular weight is 248 g/mol. The molecule has 0 radical (unpaired) electrons. The number of piperidine rings is 1. The second kappa shape index (κ2) is 5.40. The van der Waals surface area contributed by atoms with Crippen LogP contribution in [0.4, 0.5) is 0 Å².